The van der Waals surface area contributed by atoms with Crippen LogP contribution in [-0.2, 0) is 0 Å². The van der Waals surface area contributed by atoms with Crippen LogP contribution < -0.4 is 0 Å². The van der Waals surface area contributed by atoms with Crippen LogP contribution in [0.5, 0.6) is 0 Å². The molecule has 0 unspecified atom stereocenters. The first kappa shape index (κ1) is 11.9. The molecule has 2 rings (SSSR count). The second-order valence-corrected chi connectivity index (χ2v) is 4.85. The summed E-state index contributed by atoms with van der Waals surface area (Å²) in [7, 11) is 1.14. The number of hydrogen-bond acceptors (Lipinski definition) is 0. The molecule has 0 saturated carbocycles. The van der Waals surface area contributed by atoms with Crippen molar-refractivity contribution >= 4 is 10.2 Å². The van der Waals surface area contributed by atoms with Crippen LogP contribution in [0, 0.1) is 0 Å². The molecule has 0 fully saturated rings. The average molecular weight is 238 g/mol. The highest BCUT2D eigenvalue weighted by Gasteiger charge is 2.11. The highest BCUT2D eigenvalue weighted by atomic mass is 28.1. The summed E-state index contributed by atoms with van der Waals surface area (Å²) in [5.41, 5.74) is 5.07. The molecule has 0 saturated heterocycles. The van der Waals surface area contributed by atoms with E-state index in [1.807, 2.05) is 0 Å². The van der Waals surface area contributed by atoms with Crippen LogP contribution in [0.15, 0.2) is 72.4 Å². The molecular formula is C16H18Si. The molecule has 1 heteroatoms. The molecule has 0 aliphatic carbocycles. The van der Waals surface area contributed by atoms with Gasteiger partial charge in [-0.15, -0.1) is 5.70 Å². The van der Waals surface area contributed by atoms with E-state index in [2.05, 4.69) is 72.4 Å². The maximum absolute atomic E-state index is 2.30. The van der Waals surface area contributed by atoms with E-state index < -0.39 is 0 Å². The minimum atomic E-state index is 0.489. The first-order valence-corrected chi connectivity index (χ1v) is 7.28. The summed E-state index contributed by atoms with van der Waals surface area (Å²) in [6, 6.07) is 21.5. The fourth-order valence-electron chi connectivity index (χ4n) is 2.11. The van der Waals surface area contributed by atoms with Gasteiger partial charge in [0.25, 0.3) is 0 Å². The van der Waals surface area contributed by atoms with Gasteiger partial charge in [0.15, 0.2) is 0 Å². The van der Waals surface area contributed by atoms with E-state index in [4.69, 9.17) is 0 Å². The van der Waals surface area contributed by atoms with E-state index in [-0.39, 0.29) is 0 Å². The molecule has 86 valence electrons. The second-order valence-electron chi connectivity index (χ2n) is 4.18. The molecule has 0 amide bonds. The van der Waals surface area contributed by atoms with Gasteiger partial charge >= 0.3 is 0 Å². The third-order valence-electron chi connectivity index (χ3n) is 3.01. The van der Waals surface area contributed by atoms with Crippen LogP contribution in [0.2, 0.25) is 0 Å². The lowest BCUT2D eigenvalue weighted by Gasteiger charge is -2.16. The highest BCUT2D eigenvalue weighted by Crippen LogP contribution is 2.27. The highest BCUT2D eigenvalue weighted by molar-refractivity contribution is 6.16. The molecule has 0 spiro atoms. The van der Waals surface area contributed by atoms with Crippen LogP contribution in [-0.4, -0.2) is 10.2 Å². The van der Waals surface area contributed by atoms with Crippen molar-refractivity contribution in [3.05, 3.63) is 83.6 Å². The number of allylic oxidation sites excluding steroid dienone is 1. The zero-order valence-corrected chi connectivity index (χ0v) is 12.2. The first-order valence-electron chi connectivity index (χ1n) is 6.13. The Morgan fingerprint density at radius 1 is 0.824 bits per heavy atom. The van der Waals surface area contributed by atoms with E-state index in [0.29, 0.717) is 5.92 Å². The average Bonchev–Trinajstić information content (AvgIpc) is 2.42. The third-order valence-corrected chi connectivity index (χ3v) is 3.48. The summed E-state index contributed by atoms with van der Waals surface area (Å²) in [6.07, 6.45) is 3.40. The van der Waals surface area contributed by atoms with E-state index in [1.165, 1.54) is 11.1 Å². The van der Waals surface area contributed by atoms with Crippen molar-refractivity contribution in [1.82, 2.24) is 0 Å². The van der Waals surface area contributed by atoms with Crippen LogP contribution in [0.1, 0.15) is 23.5 Å². The Kier molecular flexibility index (Phi) is 4.34. The minimum absolute atomic E-state index is 0.489. The Bertz CT molecular complexity index is 420. The Morgan fingerprint density at radius 2 is 1.29 bits per heavy atom. The maximum Gasteiger partial charge on any atom is 0.0287 e. The monoisotopic (exact) mass is 238 g/mol. The predicted octanol–water partition coefficient (Wildman–Crippen LogP) is 3.09. The number of hydrogen-bond donors (Lipinski definition) is 0. The van der Waals surface area contributed by atoms with Crippen molar-refractivity contribution in [1.29, 1.82) is 0 Å². The summed E-state index contributed by atoms with van der Waals surface area (Å²) in [4.78, 5) is 0. The van der Waals surface area contributed by atoms with Gasteiger partial charge in [-0.05, 0) is 17.5 Å². The lowest BCUT2D eigenvalue weighted by molar-refractivity contribution is 0.830. The van der Waals surface area contributed by atoms with Gasteiger partial charge < -0.3 is 0 Å². The second kappa shape index (κ2) is 6.21. The zero-order chi connectivity index (χ0) is 11.9. The van der Waals surface area contributed by atoms with Gasteiger partial charge in [0.2, 0.25) is 0 Å². The van der Waals surface area contributed by atoms with Gasteiger partial charge in [-0.25, -0.2) is 0 Å². The standard InChI is InChI=1S/C16H18Si/c17-13-7-12-16(14-8-3-1-4-9-14)15-10-5-2-6-11-15/h1-11,13,16H,12H2,17H3. The summed E-state index contributed by atoms with van der Waals surface area (Å²) >= 11 is 0. The summed E-state index contributed by atoms with van der Waals surface area (Å²) < 4.78 is 0. The van der Waals surface area contributed by atoms with E-state index in [1.54, 1.807) is 0 Å². The topological polar surface area (TPSA) is 0 Å². The molecule has 0 aliphatic rings. The molecule has 0 aliphatic heterocycles. The quantitative estimate of drug-likeness (QED) is 0.718. The molecule has 0 heterocycles. The third kappa shape index (κ3) is 3.18. The first-order chi connectivity index (χ1) is 8.42. The Morgan fingerprint density at radius 3 is 1.71 bits per heavy atom. The molecule has 0 nitrogen and oxygen atoms in total. The molecule has 2 aromatic rings. The van der Waals surface area contributed by atoms with Crippen molar-refractivity contribution in [2.75, 3.05) is 0 Å². The Balaban J connectivity index is 2.32. The van der Waals surface area contributed by atoms with Gasteiger partial charge in [-0.2, -0.15) is 0 Å². The summed E-state index contributed by atoms with van der Waals surface area (Å²) in [5.74, 6) is 0.489. The van der Waals surface area contributed by atoms with Crippen LogP contribution in [0.4, 0.5) is 0 Å². The molecule has 2 aromatic carbocycles. The molecule has 0 bridgehead atoms. The largest absolute Gasteiger partial charge is 0.109 e. The van der Waals surface area contributed by atoms with Crippen molar-refractivity contribution in [3.8, 4) is 0 Å². The summed E-state index contributed by atoms with van der Waals surface area (Å²) in [6.45, 7) is 0. The Labute approximate surface area is 106 Å². The summed E-state index contributed by atoms with van der Waals surface area (Å²) in [5, 5.41) is 0. The van der Waals surface area contributed by atoms with Crippen LogP contribution in [0.3, 0.4) is 0 Å². The zero-order valence-electron chi connectivity index (χ0n) is 10.2. The lowest BCUT2D eigenvalue weighted by atomic mass is 9.89. The van der Waals surface area contributed by atoms with E-state index >= 15 is 0 Å². The van der Waals surface area contributed by atoms with Gasteiger partial charge in [0.1, 0.15) is 0 Å². The smallest absolute Gasteiger partial charge is 0.0287 e. The van der Waals surface area contributed by atoms with Gasteiger partial charge in [0, 0.05) is 16.2 Å². The van der Waals surface area contributed by atoms with Crippen molar-refractivity contribution in [2.45, 2.75) is 12.3 Å². The normalized spacial score (nSPS) is 11.4. The molecule has 0 atom stereocenters. The van der Waals surface area contributed by atoms with Crippen LogP contribution in [0.25, 0.3) is 0 Å². The van der Waals surface area contributed by atoms with Crippen molar-refractivity contribution in [2.24, 2.45) is 0 Å². The maximum atomic E-state index is 2.30. The molecule has 17 heavy (non-hydrogen) atoms. The van der Waals surface area contributed by atoms with E-state index in [9.17, 15) is 0 Å². The SMILES string of the molecule is [SiH3]C=CCC(c1ccccc1)c1ccccc1. The minimum Gasteiger partial charge on any atom is -0.109 e. The van der Waals surface area contributed by atoms with E-state index in [0.717, 1.165) is 16.7 Å². The number of benzene rings is 2. The fourth-order valence-corrected chi connectivity index (χ4v) is 2.38. The van der Waals surface area contributed by atoms with Crippen LogP contribution >= 0.6 is 0 Å². The number of rotatable bonds is 4. The van der Waals surface area contributed by atoms with Crippen molar-refractivity contribution < 1.29 is 0 Å². The van der Waals surface area contributed by atoms with Crippen molar-refractivity contribution in [3.63, 3.8) is 0 Å². The lowest BCUT2D eigenvalue weighted by Crippen LogP contribution is -1.99. The molecule has 0 aromatic heterocycles. The molecular weight excluding hydrogens is 220 g/mol. The molecule has 0 N–H and O–H groups in total. The Hall–Kier alpha value is -1.60. The van der Waals surface area contributed by atoms with Gasteiger partial charge in [-0.1, -0.05) is 66.7 Å². The fraction of sp³-hybridized carbons (Fsp3) is 0.125. The molecule has 0 radical (unpaired) electrons. The van der Waals surface area contributed by atoms with Gasteiger partial charge in [0.05, 0.1) is 0 Å². The van der Waals surface area contributed by atoms with Gasteiger partial charge in [-0.3, -0.25) is 0 Å². The predicted molar refractivity (Wildman–Crippen MR) is 78.4 cm³/mol.